The van der Waals surface area contributed by atoms with Gasteiger partial charge in [0, 0.05) is 6.21 Å². The summed E-state index contributed by atoms with van der Waals surface area (Å²) in [5.74, 6) is -2.97. The molecule has 28 heavy (non-hydrogen) atoms. The third-order valence-corrected chi connectivity index (χ3v) is 4.62. The lowest BCUT2D eigenvalue weighted by atomic mass is 10.1. The summed E-state index contributed by atoms with van der Waals surface area (Å²) in [5, 5.41) is 6.47. The molecule has 0 saturated carbocycles. The zero-order valence-corrected chi connectivity index (χ0v) is 16.3. The van der Waals surface area contributed by atoms with Gasteiger partial charge in [0.05, 0.1) is 16.3 Å². The van der Waals surface area contributed by atoms with Crippen molar-refractivity contribution in [2.45, 2.75) is 6.92 Å². The van der Waals surface area contributed by atoms with E-state index in [-0.39, 0.29) is 15.7 Å². The molecule has 9 heteroatoms. The molecule has 1 fully saturated rings. The van der Waals surface area contributed by atoms with E-state index in [2.05, 4.69) is 15.8 Å². The van der Waals surface area contributed by atoms with Crippen LogP contribution in [0.3, 0.4) is 0 Å². The molecule has 0 radical (unpaired) electrons. The summed E-state index contributed by atoms with van der Waals surface area (Å²) in [6, 6.07) is 13.6. The van der Waals surface area contributed by atoms with E-state index in [1.54, 1.807) is 30.3 Å². The fraction of sp³-hybridized carbons (Fsp3) is 0.105. The van der Waals surface area contributed by atoms with Crippen LogP contribution in [0.25, 0.3) is 0 Å². The van der Waals surface area contributed by atoms with E-state index in [0.29, 0.717) is 5.69 Å². The summed E-state index contributed by atoms with van der Waals surface area (Å²) in [4.78, 5) is 38.3. The Morgan fingerprint density at radius 3 is 2.57 bits per heavy atom. The second kappa shape index (κ2) is 8.28. The molecule has 0 unspecified atom stereocenters. The number of rotatable bonds is 4. The minimum atomic E-state index is -1.24. The van der Waals surface area contributed by atoms with E-state index in [4.69, 9.17) is 23.8 Å². The van der Waals surface area contributed by atoms with Gasteiger partial charge >= 0.3 is 0 Å². The molecule has 142 valence electrons. The van der Waals surface area contributed by atoms with Gasteiger partial charge in [0.15, 0.2) is 11.0 Å². The highest BCUT2D eigenvalue weighted by Crippen LogP contribution is 2.21. The normalized spacial score (nSPS) is 17.0. The molecule has 1 saturated heterocycles. The molecule has 7 nitrogen and oxygen atoms in total. The Kier molecular flexibility index (Phi) is 5.81. The lowest BCUT2D eigenvalue weighted by Gasteiger charge is -2.30. The number of carbonyl (C=O) groups is 3. The predicted molar refractivity (Wildman–Crippen MR) is 110 cm³/mol. The van der Waals surface area contributed by atoms with Gasteiger partial charge in [-0.3, -0.25) is 19.3 Å². The molecule has 3 rings (SSSR count). The Morgan fingerprint density at radius 1 is 1.21 bits per heavy atom. The maximum absolute atomic E-state index is 12.8. The third-order valence-electron chi connectivity index (χ3n) is 4.00. The molecular weight excluding hydrogens is 400 g/mol. The Labute approximate surface area is 171 Å². The number of carbonyl (C=O) groups excluding carboxylic acids is 3. The first kappa shape index (κ1) is 19.7. The lowest BCUT2D eigenvalue weighted by molar-refractivity contribution is -0.130. The summed E-state index contributed by atoms with van der Waals surface area (Å²) in [6.07, 6.45) is 1.06. The molecule has 1 atom stereocenters. The molecule has 1 aliphatic rings. The SMILES string of the molecule is Cc1ccc(N2C(=O)[C@H](/C=N/NC(=O)c3ccccc3Cl)C(=O)NC2=S)cc1. The van der Waals surface area contributed by atoms with E-state index in [1.807, 2.05) is 19.1 Å². The van der Waals surface area contributed by atoms with Crippen LogP contribution < -0.4 is 15.6 Å². The van der Waals surface area contributed by atoms with E-state index < -0.39 is 23.6 Å². The van der Waals surface area contributed by atoms with Crippen molar-refractivity contribution in [3.63, 3.8) is 0 Å². The highest BCUT2D eigenvalue weighted by Gasteiger charge is 2.38. The fourth-order valence-electron chi connectivity index (χ4n) is 2.54. The molecule has 0 aromatic heterocycles. The molecule has 2 aromatic carbocycles. The fourth-order valence-corrected chi connectivity index (χ4v) is 3.05. The van der Waals surface area contributed by atoms with Crippen LogP contribution in [-0.2, 0) is 9.59 Å². The molecule has 0 aliphatic carbocycles. The average Bonchev–Trinajstić information content (AvgIpc) is 2.66. The first-order valence-corrected chi connectivity index (χ1v) is 9.00. The number of hydrogen-bond acceptors (Lipinski definition) is 5. The van der Waals surface area contributed by atoms with Gasteiger partial charge in [-0.1, -0.05) is 41.4 Å². The maximum Gasteiger partial charge on any atom is 0.272 e. The minimum absolute atomic E-state index is 0.0105. The van der Waals surface area contributed by atoms with Crippen LogP contribution in [0.4, 0.5) is 5.69 Å². The summed E-state index contributed by atoms with van der Waals surface area (Å²) >= 11 is 11.1. The van der Waals surface area contributed by atoms with E-state index in [1.165, 1.54) is 11.0 Å². The zero-order chi connectivity index (χ0) is 20.3. The van der Waals surface area contributed by atoms with Crippen molar-refractivity contribution < 1.29 is 14.4 Å². The van der Waals surface area contributed by atoms with Crippen molar-refractivity contribution in [1.82, 2.24) is 10.7 Å². The monoisotopic (exact) mass is 414 g/mol. The van der Waals surface area contributed by atoms with Crippen LogP contribution in [0.5, 0.6) is 0 Å². The van der Waals surface area contributed by atoms with Crippen LogP contribution >= 0.6 is 23.8 Å². The molecule has 0 bridgehead atoms. The second-order valence-electron chi connectivity index (χ2n) is 5.98. The van der Waals surface area contributed by atoms with Crippen LogP contribution in [0, 0.1) is 12.8 Å². The van der Waals surface area contributed by atoms with Gasteiger partial charge in [-0.25, -0.2) is 5.43 Å². The summed E-state index contributed by atoms with van der Waals surface area (Å²) in [7, 11) is 0. The van der Waals surface area contributed by atoms with E-state index >= 15 is 0 Å². The highest BCUT2D eigenvalue weighted by atomic mass is 35.5. The number of hydrazone groups is 1. The van der Waals surface area contributed by atoms with Gasteiger partial charge in [-0.05, 0) is 43.4 Å². The number of benzene rings is 2. The Morgan fingerprint density at radius 2 is 1.89 bits per heavy atom. The largest absolute Gasteiger partial charge is 0.301 e. The number of halogens is 1. The number of anilines is 1. The van der Waals surface area contributed by atoms with E-state index in [9.17, 15) is 14.4 Å². The number of nitrogens with zero attached hydrogens (tertiary/aromatic N) is 2. The standard InChI is InChI=1S/C19H15ClN4O3S/c1-11-6-8-12(9-7-11)24-18(27)14(16(25)22-19(24)28)10-21-23-17(26)13-4-2-3-5-15(13)20/h2-10,14H,1H3,(H,23,26)(H,22,25,28)/b21-10+/t14-/m1/s1. The minimum Gasteiger partial charge on any atom is -0.301 e. The van der Waals surface area contributed by atoms with Gasteiger partial charge in [0.1, 0.15) is 0 Å². The van der Waals surface area contributed by atoms with Gasteiger partial charge < -0.3 is 5.32 Å². The second-order valence-corrected chi connectivity index (χ2v) is 6.77. The highest BCUT2D eigenvalue weighted by molar-refractivity contribution is 7.80. The summed E-state index contributed by atoms with van der Waals surface area (Å²) in [6.45, 7) is 1.92. The van der Waals surface area contributed by atoms with Crippen LogP contribution in [-0.4, -0.2) is 29.0 Å². The van der Waals surface area contributed by atoms with E-state index in [0.717, 1.165) is 11.8 Å². The Balaban J connectivity index is 1.76. The summed E-state index contributed by atoms with van der Waals surface area (Å²) in [5.41, 5.74) is 4.03. The molecule has 1 heterocycles. The predicted octanol–water partition coefficient (Wildman–Crippen LogP) is 2.43. The van der Waals surface area contributed by atoms with Gasteiger partial charge in [-0.2, -0.15) is 5.10 Å². The third kappa shape index (κ3) is 4.08. The van der Waals surface area contributed by atoms with Gasteiger partial charge in [0.2, 0.25) is 5.91 Å². The average molecular weight is 415 g/mol. The van der Waals surface area contributed by atoms with Crippen molar-refractivity contribution in [3.8, 4) is 0 Å². The Bertz CT molecular complexity index is 991. The van der Waals surface area contributed by atoms with Crippen molar-refractivity contribution in [1.29, 1.82) is 0 Å². The van der Waals surface area contributed by atoms with Crippen LogP contribution in [0.15, 0.2) is 53.6 Å². The van der Waals surface area contributed by atoms with Crippen LogP contribution in [0.1, 0.15) is 15.9 Å². The van der Waals surface area contributed by atoms with Crippen LogP contribution in [0.2, 0.25) is 5.02 Å². The quantitative estimate of drug-likeness (QED) is 0.348. The van der Waals surface area contributed by atoms with Gasteiger partial charge in [0.25, 0.3) is 11.8 Å². The smallest absolute Gasteiger partial charge is 0.272 e. The number of aryl methyl sites for hydroxylation is 1. The summed E-state index contributed by atoms with van der Waals surface area (Å²) < 4.78 is 0. The molecule has 1 aliphatic heterocycles. The lowest BCUT2D eigenvalue weighted by Crippen LogP contribution is -2.58. The molecule has 2 N–H and O–H groups in total. The van der Waals surface area contributed by atoms with Gasteiger partial charge in [-0.15, -0.1) is 0 Å². The number of thiocarbonyl (C=S) groups is 1. The molecule has 3 amide bonds. The molecule has 0 spiro atoms. The topological polar surface area (TPSA) is 90.9 Å². The van der Waals surface area contributed by atoms with Crippen molar-refractivity contribution in [2.75, 3.05) is 4.90 Å². The van der Waals surface area contributed by atoms with Crippen molar-refractivity contribution in [3.05, 3.63) is 64.7 Å². The number of nitrogens with one attached hydrogen (secondary N) is 2. The maximum atomic E-state index is 12.8. The number of hydrogen-bond donors (Lipinski definition) is 2. The first-order chi connectivity index (χ1) is 13.4. The molecular formula is C19H15ClN4O3S. The van der Waals surface area contributed by atoms with Crippen molar-refractivity contribution >= 4 is 58.6 Å². The number of amides is 3. The molecule has 2 aromatic rings. The zero-order valence-electron chi connectivity index (χ0n) is 14.7. The first-order valence-electron chi connectivity index (χ1n) is 8.22. The Hall–Kier alpha value is -3.10. The van der Waals surface area contributed by atoms with Crippen molar-refractivity contribution in [2.24, 2.45) is 11.0 Å².